The van der Waals surface area contributed by atoms with Crippen LogP contribution in [0.25, 0.3) is 0 Å². The summed E-state index contributed by atoms with van der Waals surface area (Å²) in [4.78, 5) is 18.1. The highest BCUT2D eigenvalue weighted by molar-refractivity contribution is 7.12. The largest absolute Gasteiger partial charge is 0.477 e. The van der Waals surface area contributed by atoms with E-state index in [4.69, 9.17) is 5.11 Å². The fourth-order valence-electron chi connectivity index (χ4n) is 1.55. The molecule has 2 N–H and O–H groups in total. The van der Waals surface area contributed by atoms with Gasteiger partial charge in [-0.2, -0.15) is 13.2 Å². The third-order valence-corrected chi connectivity index (χ3v) is 3.87. The van der Waals surface area contributed by atoms with E-state index in [-0.39, 0.29) is 11.6 Å². The quantitative estimate of drug-likeness (QED) is 0.903. The highest BCUT2D eigenvalue weighted by Gasteiger charge is 2.32. The van der Waals surface area contributed by atoms with Crippen LogP contribution >= 0.6 is 11.3 Å². The highest BCUT2D eigenvalue weighted by atomic mass is 32.1. The van der Waals surface area contributed by atoms with Crippen molar-refractivity contribution in [1.29, 1.82) is 0 Å². The van der Waals surface area contributed by atoms with Crippen LogP contribution < -0.4 is 5.32 Å². The molecule has 5 nitrogen and oxygen atoms in total. The van der Waals surface area contributed by atoms with Crippen LogP contribution in [-0.4, -0.2) is 21.0 Å². The Morgan fingerprint density at radius 3 is 2.67 bits per heavy atom. The van der Waals surface area contributed by atoms with Gasteiger partial charge < -0.3 is 10.4 Å². The summed E-state index contributed by atoms with van der Waals surface area (Å²) in [6.45, 7) is 1.64. The molecule has 0 saturated heterocycles. The van der Waals surface area contributed by atoms with E-state index in [2.05, 4.69) is 15.3 Å². The lowest BCUT2D eigenvalue weighted by atomic mass is 10.3. The Labute approximate surface area is 121 Å². The first-order valence-electron chi connectivity index (χ1n) is 5.77. The first-order chi connectivity index (χ1) is 9.77. The summed E-state index contributed by atoms with van der Waals surface area (Å²) in [5.74, 6) is -1.16. The molecule has 0 spiro atoms. The van der Waals surface area contributed by atoms with E-state index >= 15 is 0 Å². The number of rotatable bonds is 4. The minimum absolute atomic E-state index is 0.0457. The third kappa shape index (κ3) is 3.69. The van der Waals surface area contributed by atoms with Gasteiger partial charge in [0.05, 0.1) is 6.04 Å². The van der Waals surface area contributed by atoms with Crippen LogP contribution in [0.1, 0.15) is 33.2 Å². The van der Waals surface area contributed by atoms with Gasteiger partial charge in [-0.15, -0.1) is 11.3 Å². The average Bonchev–Trinajstić information content (AvgIpc) is 2.88. The van der Waals surface area contributed by atoms with E-state index < -0.39 is 23.1 Å². The molecule has 1 atom stereocenters. The minimum atomic E-state index is -4.37. The number of hydrogen-bond acceptors (Lipinski definition) is 5. The molecule has 2 aromatic heterocycles. The second kappa shape index (κ2) is 5.68. The summed E-state index contributed by atoms with van der Waals surface area (Å²) in [6.07, 6.45) is -3.11. The Morgan fingerprint density at radius 1 is 1.38 bits per heavy atom. The van der Waals surface area contributed by atoms with Crippen LogP contribution in [0.3, 0.4) is 0 Å². The SMILES string of the molecule is CC(Nc1nccc(C(=O)O)n1)c1ccc(C(F)(F)F)s1. The highest BCUT2D eigenvalue weighted by Crippen LogP contribution is 2.36. The normalized spacial score (nSPS) is 13.0. The number of nitrogens with one attached hydrogen (secondary N) is 1. The molecule has 0 saturated carbocycles. The minimum Gasteiger partial charge on any atom is -0.477 e. The number of nitrogens with zero attached hydrogens (tertiary/aromatic N) is 2. The zero-order chi connectivity index (χ0) is 15.6. The Hall–Kier alpha value is -2.16. The lowest BCUT2D eigenvalue weighted by Crippen LogP contribution is -2.10. The Morgan fingerprint density at radius 2 is 2.10 bits per heavy atom. The van der Waals surface area contributed by atoms with E-state index in [1.165, 1.54) is 18.3 Å². The lowest BCUT2D eigenvalue weighted by Gasteiger charge is -2.12. The van der Waals surface area contributed by atoms with E-state index in [9.17, 15) is 18.0 Å². The molecule has 2 heterocycles. The van der Waals surface area contributed by atoms with Gasteiger partial charge in [-0.1, -0.05) is 0 Å². The maximum atomic E-state index is 12.5. The molecule has 2 rings (SSSR count). The predicted molar refractivity (Wildman–Crippen MR) is 70.4 cm³/mol. The molecule has 112 valence electrons. The van der Waals surface area contributed by atoms with Crippen molar-refractivity contribution in [2.24, 2.45) is 0 Å². The standard InChI is InChI=1S/C12H10F3N3O2S/c1-6(8-2-3-9(21-8)12(13,14)15)17-11-16-5-4-7(18-11)10(19)20/h2-6H,1H3,(H,19,20)(H,16,17,18). The molecule has 0 aliphatic rings. The maximum Gasteiger partial charge on any atom is 0.425 e. The molecule has 0 radical (unpaired) electrons. The van der Waals surface area contributed by atoms with Gasteiger partial charge in [0, 0.05) is 11.1 Å². The number of alkyl halides is 3. The molecule has 0 aliphatic heterocycles. The van der Waals surface area contributed by atoms with Crippen LogP contribution in [0, 0.1) is 0 Å². The van der Waals surface area contributed by atoms with Crippen LogP contribution in [-0.2, 0) is 6.18 Å². The molecule has 1 unspecified atom stereocenters. The zero-order valence-corrected chi connectivity index (χ0v) is 11.5. The smallest absolute Gasteiger partial charge is 0.425 e. The first kappa shape index (κ1) is 15.2. The van der Waals surface area contributed by atoms with Gasteiger partial charge in [0.15, 0.2) is 5.69 Å². The lowest BCUT2D eigenvalue weighted by molar-refractivity contribution is -0.134. The monoisotopic (exact) mass is 317 g/mol. The van der Waals surface area contributed by atoms with Crippen molar-refractivity contribution in [3.8, 4) is 0 Å². The first-order valence-corrected chi connectivity index (χ1v) is 6.59. The van der Waals surface area contributed by atoms with Gasteiger partial charge in [-0.05, 0) is 25.1 Å². The summed E-state index contributed by atoms with van der Waals surface area (Å²) < 4.78 is 37.6. The third-order valence-electron chi connectivity index (χ3n) is 2.55. The van der Waals surface area contributed by atoms with Crippen molar-refractivity contribution in [3.05, 3.63) is 39.8 Å². The number of carbonyl (C=O) groups is 1. The summed E-state index contributed by atoms with van der Waals surface area (Å²) in [5.41, 5.74) is -0.193. The molecule has 0 fully saturated rings. The number of carboxylic acids is 1. The molecule has 0 amide bonds. The van der Waals surface area contributed by atoms with Crippen LogP contribution in [0.5, 0.6) is 0 Å². The average molecular weight is 317 g/mol. The topological polar surface area (TPSA) is 75.1 Å². The fraction of sp³-hybridized carbons (Fsp3) is 0.250. The number of carboxylic acid groups (broad SMARTS) is 1. The summed E-state index contributed by atoms with van der Waals surface area (Å²) in [6, 6.07) is 3.12. The molecule has 21 heavy (non-hydrogen) atoms. The number of halogens is 3. The summed E-state index contributed by atoms with van der Waals surface area (Å²) >= 11 is 0.618. The molecular weight excluding hydrogens is 307 g/mol. The van der Waals surface area contributed by atoms with Crippen molar-refractivity contribution in [1.82, 2.24) is 9.97 Å². The van der Waals surface area contributed by atoms with Crippen molar-refractivity contribution in [2.75, 3.05) is 5.32 Å². The second-order valence-electron chi connectivity index (χ2n) is 4.14. The van der Waals surface area contributed by atoms with E-state index in [0.717, 1.165) is 6.07 Å². The molecule has 9 heteroatoms. The Bertz CT molecular complexity index is 657. The van der Waals surface area contributed by atoms with Gasteiger partial charge in [-0.3, -0.25) is 0 Å². The van der Waals surface area contributed by atoms with Gasteiger partial charge in [0.25, 0.3) is 0 Å². The van der Waals surface area contributed by atoms with Crippen LogP contribution in [0.4, 0.5) is 19.1 Å². The Balaban J connectivity index is 2.14. The fourth-order valence-corrected chi connectivity index (χ4v) is 2.43. The van der Waals surface area contributed by atoms with Crippen LogP contribution in [0.2, 0.25) is 0 Å². The van der Waals surface area contributed by atoms with Crippen molar-refractivity contribution < 1.29 is 23.1 Å². The van der Waals surface area contributed by atoms with E-state index in [1.807, 2.05) is 0 Å². The van der Waals surface area contributed by atoms with Crippen molar-refractivity contribution in [3.63, 3.8) is 0 Å². The molecule has 0 aliphatic carbocycles. The molecule has 0 bridgehead atoms. The summed E-state index contributed by atoms with van der Waals surface area (Å²) in [7, 11) is 0. The van der Waals surface area contributed by atoms with Gasteiger partial charge in [0.1, 0.15) is 4.88 Å². The number of hydrogen-bond donors (Lipinski definition) is 2. The van der Waals surface area contributed by atoms with Gasteiger partial charge >= 0.3 is 12.1 Å². The molecule has 2 aromatic rings. The summed E-state index contributed by atoms with van der Waals surface area (Å²) in [5, 5.41) is 11.6. The Kier molecular flexibility index (Phi) is 4.12. The predicted octanol–water partition coefficient (Wildman–Crippen LogP) is 3.43. The van der Waals surface area contributed by atoms with E-state index in [0.29, 0.717) is 16.2 Å². The van der Waals surface area contributed by atoms with Crippen molar-refractivity contribution >= 4 is 23.3 Å². The van der Waals surface area contributed by atoms with Crippen molar-refractivity contribution in [2.45, 2.75) is 19.1 Å². The molecular formula is C12H10F3N3O2S. The number of thiophene rings is 1. The van der Waals surface area contributed by atoms with E-state index in [1.54, 1.807) is 6.92 Å². The second-order valence-corrected chi connectivity index (χ2v) is 5.25. The number of anilines is 1. The number of aromatic nitrogens is 2. The number of aromatic carboxylic acids is 1. The van der Waals surface area contributed by atoms with Gasteiger partial charge in [0.2, 0.25) is 5.95 Å². The van der Waals surface area contributed by atoms with Crippen LogP contribution in [0.15, 0.2) is 24.4 Å². The molecule has 0 aromatic carbocycles. The zero-order valence-electron chi connectivity index (χ0n) is 10.7. The maximum absolute atomic E-state index is 12.5. The van der Waals surface area contributed by atoms with Gasteiger partial charge in [-0.25, -0.2) is 14.8 Å².